The van der Waals surface area contributed by atoms with Crippen molar-refractivity contribution in [3.05, 3.63) is 78.4 Å². The quantitative estimate of drug-likeness (QED) is 0.436. The lowest BCUT2D eigenvalue weighted by Gasteiger charge is -2.06. The molecule has 1 amide bonds. The summed E-state index contributed by atoms with van der Waals surface area (Å²) in [5.41, 5.74) is 4.44. The van der Waals surface area contributed by atoms with Crippen LogP contribution >= 0.6 is 0 Å². The van der Waals surface area contributed by atoms with Crippen LogP contribution in [-0.4, -0.2) is 36.9 Å². The van der Waals surface area contributed by atoms with Crippen LogP contribution in [0.4, 0.5) is 0 Å². The number of nitrogens with zero attached hydrogens (tertiary/aromatic N) is 5. The molecule has 5 aromatic rings. The van der Waals surface area contributed by atoms with Crippen LogP contribution in [0.2, 0.25) is 0 Å². The SMILES string of the molecule is O=C(CCc1nnc2c3cc(-c4ccccc4)nn3ccn12)NCc1ccc2c(c1)OCO2. The van der Waals surface area contributed by atoms with Gasteiger partial charge in [-0.1, -0.05) is 36.4 Å². The molecule has 0 unspecified atom stereocenters. The van der Waals surface area contributed by atoms with E-state index in [1.54, 1.807) is 4.52 Å². The average molecular weight is 440 g/mol. The Labute approximate surface area is 188 Å². The first kappa shape index (κ1) is 19.3. The number of fused-ring (bicyclic) bond motifs is 4. The minimum Gasteiger partial charge on any atom is -0.454 e. The molecular formula is C24H20N6O3. The van der Waals surface area contributed by atoms with Crippen molar-refractivity contribution >= 4 is 17.1 Å². The maximum atomic E-state index is 12.4. The number of aryl methyl sites for hydroxylation is 1. The molecule has 2 aromatic carbocycles. The minimum absolute atomic E-state index is 0.0544. The van der Waals surface area contributed by atoms with Crippen molar-refractivity contribution in [2.45, 2.75) is 19.4 Å². The van der Waals surface area contributed by atoms with E-state index in [0.717, 1.165) is 33.9 Å². The summed E-state index contributed by atoms with van der Waals surface area (Å²) in [6, 6.07) is 17.7. The van der Waals surface area contributed by atoms with Gasteiger partial charge in [0.1, 0.15) is 11.3 Å². The van der Waals surface area contributed by atoms with Crippen molar-refractivity contribution in [3.63, 3.8) is 0 Å². The number of amides is 1. The van der Waals surface area contributed by atoms with Crippen LogP contribution in [0.3, 0.4) is 0 Å². The summed E-state index contributed by atoms with van der Waals surface area (Å²) in [5.74, 6) is 2.11. The fourth-order valence-corrected chi connectivity index (χ4v) is 3.95. The molecular weight excluding hydrogens is 420 g/mol. The second-order valence-electron chi connectivity index (χ2n) is 7.80. The molecule has 3 aromatic heterocycles. The first-order chi connectivity index (χ1) is 16.2. The van der Waals surface area contributed by atoms with Crippen LogP contribution in [0.25, 0.3) is 22.4 Å². The number of carbonyl (C=O) groups excluding carboxylic acids is 1. The molecule has 0 atom stereocenters. The summed E-state index contributed by atoms with van der Waals surface area (Å²) in [7, 11) is 0. The maximum absolute atomic E-state index is 12.4. The second-order valence-corrected chi connectivity index (χ2v) is 7.80. The third-order valence-electron chi connectivity index (χ3n) is 5.66. The zero-order valence-corrected chi connectivity index (χ0v) is 17.6. The molecule has 1 aliphatic rings. The van der Waals surface area contributed by atoms with Crippen LogP contribution in [0, 0.1) is 0 Å². The van der Waals surface area contributed by atoms with Gasteiger partial charge < -0.3 is 14.8 Å². The number of hydrogen-bond donors (Lipinski definition) is 1. The first-order valence-corrected chi connectivity index (χ1v) is 10.7. The first-order valence-electron chi connectivity index (χ1n) is 10.7. The Balaban J connectivity index is 1.14. The van der Waals surface area contributed by atoms with Gasteiger partial charge in [0.05, 0.1) is 5.69 Å². The highest BCUT2D eigenvalue weighted by Crippen LogP contribution is 2.32. The maximum Gasteiger partial charge on any atom is 0.231 e. The van der Waals surface area contributed by atoms with E-state index in [2.05, 4.69) is 20.6 Å². The van der Waals surface area contributed by atoms with Crippen molar-refractivity contribution in [3.8, 4) is 22.8 Å². The number of nitrogens with one attached hydrogen (secondary N) is 1. The monoisotopic (exact) mass is 440 g/mol. The lowest BCUT2D eigenvalue weighted by Crippen LogP contribution is -2.23. The van der Waals surface area contributed by atoms with Gasteiger partial charge in [0.2, 0.25) is 12.7 Å². The molecule has 9 nitrogen and oxygen atoms in total. The summed E-state index contributed by atoms with van der Waals surface area (Å²) in [6.45, 7) is 0.658. The zero-order chi connectivity index (χ0) is 22.2. The number of rotatable bonds is 6. The molecule has 33 heavy (non-hydrogen) atoms. The summed E-state index contributed by atoms with van der Waals surface area (Å²) >= 11 is 0. The lowest BCUT2D eigenvalue weighted by atomic mass is 10.1. The van der Waals surface area contributed by atoms with Crippen molar-refractivity contribution in [1.82, 2.24) is 29.5 Å². The van der Waals surface area contributed by atoms with Gasteiger partial charge >= 0.3 is 0 Å². The van der Waals surface area contributed by atoms with Crippen molar-refractivity contribution in [2.24, 2.45) is 0 Å². The van der Waals surface area contributed by atoms with E-state index in [1.165, 1.54) is 0 Å². The molecule has 0 saturated carbocycles. The number of ether oxygens (including phenoxy) is 2. The van der Waals surface area contributed by atoms with E-state index in [-0.39, 0.29) is 12.7 Å². The van der Waals surface area contributed by atoms with Gasteiger partial charge in [-0.25, -0.2) is 4.52 Å². The number of carbonyl (C=O) groups is 1. The number of benzene rings is 2. The Hall–Kier alpha value is -4.40. The van der Waals surface area contributed by atoms with E-state index in [4.69, 9.17) is 9.47 Å². The van der Waals surface area contributed by atoms with E-state index in [0.29, 0.717) is 30.8 Å². The van der Waals surface area contributed by atoms with E-state index in [1.807, 2.05) is 71.4 Å². The van der Waals surface area contributed by atoms with Crippen molar-refractivity contribution in [2.75, 3.05) is 6.79 Å². The highest BCUT2D eigenvalue weighted by molar-refractivity contribution is 5.77. The Bertz CT molecular complexity index is 1470. The molecule has 1 N–H and O–H groups in total. The topological polar surface area (TPSA) is 95.1 Å². The van der Waals surface area contributed by atoms with Gasteiger partial charge in [-0.15, -0.1) is 10.2 Å². The molecule has 9 heteroatoms. The molecule has 4 heterocycles. The van der Waals surface area contributed by atoms with Gasteiger partial charge in [0.25, 0.3) is 0 Å². The van der Waals surface area contributed by atoms with E-state index >= 15 is 0 Å². The third-order valence-corrected chi connectivity index (χ3v) is 5.66. The molecule has 0 radical (unpaired) electrons. The van der Waals surface area contributed by atoms with Gasteiger partial charge in [0.15, 0.2) is 17.1 Å². The summed E-state index contributed by atoms with van der Waals surface area (Å²) in [5, 5.41) is 16.3. The molecule has 0 bridgehead atoms. The molecule has 0 fully saturated rings. The normalized spacial score (nSPS) is 12.5. The Morgan fingerprint density at radius 2 is 1.88 bits per heavy atom. The van der Waals surface area contributed by atoms with Crippen molar-refractivity contribution < 1.29 is 14.3 Å². The van der Waals surface area contributed by atoms with E-state index in [9.17, 15) is 4.79 Å². The van der Waals surface area contributed by atoms with Crippen molar-refractivity contribution in [1.29, 1.82) is 0 Å². The standard InChI is InChI=1S/C24H20N6O3/c31-23(25-14-16-6-7-20-21(12-16)33-15-32-20)9-8-22-26-27-24-19-13-18(17-4-2-1-3-5-17)28-30(19)11-10-29(22)24/h1-7,10-13H,8-9,14-15H2,(H,25,31). The van der Waals surface area contributed by atoms with Gasteiger partial charge in [0, 0.05) is 37.3 Å². The lowest BCUT2D eigenvalue weighted by molar-refractivity contribution is -0.121. The summed E-state index contributed by atoms with van der Waals surface area (Å²) in [4.78, 5) is 12.4. The van der Waals surface area contributed by atoms with Crippen LogP contribution in [0.5, 0.6) is 11.5 Å². The second kappa shape index (κ2) is 7.94. The van der Waals surface area contributed by atoms with Crippen LogP contribution in [-0.2, 0) is 17.8 Å². The van der Waals surface area contributed by atoms with Crippen LogP contribution in [0.15, 0.2) is 67.0 Å². The van der Waals surface area contributed by atoms with Crippen LogP contribution in [0.1, 0.15) is 17.8 Å². The predicted molar refractivity (Wildman–Crippen MR) is 120 cm³/mol. The molecule has 1 aliphatic heterocycles. The fraction of sp³-hybridized carbons (Fsp3) is 0.167. The molecule has 0 aliphatic carbocycles. The minimum atomic E-state index is -0.0544. The average Bonchev–Trinajstić information content (AvgIpc) is 3.59. The Kier molecular flexibility index (Phi) is 4.64. The number of aromatic nitrogens is 5. The highest BCUT2D eigenvalue weighted by atomic mass is 16.7. The zero-order valence-electron chi connectivity index (χ0n) is 17.6. The van der Waals surface area contributed by atoms with E-state index < -0.39 is 0 Å². The molecule has 0 spiro atoms. The van der Waals surface area contributed by atoms with Crippen LogP contribution < -0.4 is 14.8 Å². The highest BCUT2D eigenvalue weighted by Gasteiger charge is 2.15. The van der Waals surface area contributed by atoms with Gasteiger partial charge in [-0.05, 0) is 23.8 Å². The molecule has 164 valence electrons. The Morgan fingerprint density at radius 3 is 2.79 bits per heavy atom. The summed E-state index contributed by atoms with van der Waals surface area (Å²) in [6.07, 6.45) is 4.54. The smallest absolute Gasteiger partial charge is 0.231 e. The van der Waals surface area contributed by atoms with Gasteiger partial charge in [-0.3, -0.25) is 9.20 Å². The van der Waals surface area contributed by atoms with Gasteiger partial charge in [-0.2, -0.15) is 5.10 Å². The molecule has 0 saturated heterocycles. The fourth-order valence-electron chi connectivity index (χ4n) is 3.95. The predicted octanol–water partition coefficient (Wildman–Crippen LogP) is 3.02. The Morgan fingerprint density at radius 1 is 1.00 bits per heavy atom. The third kappa shape index (κ3) is 3.63. The summed E-state index contributed by atoms with van der Waals surface area (Å²) < 4.78 is 14.4. The molecule has 6 rings (SSSR count). The largest absolute Gasteiger partial charge is 0.454 e. The number of hydrogen-bond acceptors (Lipinski definition) is 6.